The molecule has 1 aliphatic rings. The van der Waals surface area contributed by atoms with Gasteiger partial charge in [-0.15, -0.1) is 0 Å². The number of benzene rings is 2. The molecule has 0 bridgehead atoms. The van der Waals surface area contributed by atoms with Gasteiger partial charge in [0.2, 0.25) is 0 Å². The molecule has 0 atom stereocenters. The van der Waals surface area contributed by atoms with E-state index in [1.165, 1.54) is 5.56 Å². The average Bonchev–Trinajstić information content (AvgIpc) is 2.68. The van der Waals surface area contributed by atoms with E-state index >= 15 is 0 Å². The lowest BCUT2D eigenvalue weighted by Crippen LogP contribution is -2.31. The van der Waals surface area contributed by atoms with Gasteiger partial charge in [0.25, 0.3) is 12.6 Å². The number of hydrogen-bond donors (Lipinski definition) is 0. The Hall–Kier alpha value is -2.08. The molecule has 0 aliphatic carbocycles. The van der Waals surface area contributed by atoms with Crippen LogP contribution in [0.2, 0.25) is 0 Å². The first-order chi connectivity index (χ1) is 12.7. The minimum Gasteiger partial charge on any atom is -0.333 e. The number of hydrogen-bond acceptors (Lipinski definition) is 3. The van der Waals surface area contributed by atoms with Crippen LogP contribution in [0.25, 0.3) is 11.1 Å². The smallest absolute Gasteiger partial charge is 0.271 e. The first-order valence-electron chi connectivity index (χ1n) is 8.62. The lowest BCUT2D eigenvalue weighted by molar-refractivity contribution is -0.305. The van der Waals surface area contributed by atoms with E-state index in [9.17, 15) is 8.78 Å². The van der Waals surface area contributed by atoms with E-state index in [0.717, 1.165) is 22.8 Å². The Morgan fingerprint density at radius 2 is 1.58 bits per heavy atom. The molecule has 3 rings (SSSR count). The molecule has 0 radical (unpaired) electrons. The molecule has 0 amide bonds. The van der Waals surface area contributed by atoms with Crippen molar-refractivity contribution in [3.05, 3.63) is 71.8 Å². The minimum atomic E-state index is -1.62. The molecular formula is C21H22F2O3. The quantitative estimate of drug-likeness (QED) is 0.715. The van der Waals surface area contributed by atoms with Crippen molar-refractivity contribution in [3.8, 4) is 11.1 Å². The summed E-state index contributed by atoms with van der Waals surface area (Å²) in [7, 11) is 1.56. The van der Waals surface area contributed by atoms with Gasteiger partial charge in [-0.05, 0) is 41.2 Å². The molecule has 26 heavy (non-hydrogen) atoms. The van der Waals surface area contributed by atoms with Crippen LogP contribution in [-0.4, -0.2) is 26.8 Å². The standard InChI is InChI=1S/C21H22F2O3/c1-24-21-25-13-19(14-26-21)18-11-9-17(10-12-18)16-7-5-15(6-8-16)3-2-4-20(22)23/h4-12,19,21H,2-3,13-14H2,1H3. The third-order valence-electron chi connectivity index (χ3n) is 4.46. The molecule has 5 heteroatoms. The highest BCUT2D eigenvalue weighted by Gasteiger charge is 2.23. The zero-order valence-corrected chi connectivity index (χ0v) is 14.7. The third kappa shape index (κ3) is 4.97. The number of aryl methyl sites for hydroxylation is 1. The van der Waals surface area contributed by atoms with E-state index in [2.05, 4.69) is 24.3 Å². The molecule has 2 aromatic carbocycles. The summed E-state index contributed by atoms with van der Waals surface area (Å²) < 4.78 is 40.1. The van der Waals surface area contributed by atoms with Crippen LogP contribution in [-0.2, 0) is 20.6 Å². The largest absolute Gasteiger partial charge is 0.333 e. The first-order valence-corrected chi connectivity index (χ1v) is 8.62. The number of methoxy groups -OCH3 is 1. The predicted octanol–water partition coefficient (Wildman–Crippen LogP) is 5.13. The SMILES string of the molecule is COC1OCC(c2ccc(-c3ccc(CCC=C(F)F)cc3)cc2)CO1. The van der Waals surface area contributed by atoms with E-state index in [1.54, 1.807) is 7.11 Å². The molecule has 1 saturated heterocycles. The molecule has 1 fully saturated rings. The molecule has 0 saturated carbocycles. The highest BCUT2D eigenvalue weighted by atomic mass is 19.3. The summed E-state index contributed by atoms with van der Waals surface area (Å²) in [5.74, 6) is 0.196. The summed E-state index contributed by atoms with van der Waals surface area (Å²) in [6.07, 6.45) is 0.306. The van der Waals surface area contributed by atoms with Crippen molar-refractivity contribution in [3.63, 3.8) is 0 Å². The monoisotopic (exact) mass is 360 g/mol. The molecule has 138 valence electrons. The summed E-state index contributed by atoms with van der Waals surface area (Å²) in [6, 6.07) is 16.3. The molecule has 3 nitrogen and oxygen atoms in total. The van der Waals surface area contributed by atoms with E-state index < -0.39 is 12.6 Å². The van der Waals surface area contributed by atoms with Crippen LogP contribution >= 0.6 is 0 Å². The summed E-state index contributed by atoms with van der Waals surface area (Å²) in [6.45, 7) is 0.571. The lowest BCUT2D eigenvalue weighted by Gasteiger charge is -2.28. The van der Waals surface area contributed by atoms with Crippen molar-refractivity contribution in [1.82, 2.24) is 0 Å². The van der Waals surface area contributed by atoms with Gasteiger partial charge < -0.3 is 14.2 Å². The maximum atomic E-state index is 12.1. The van der Waals surface area contributed by atoms with E-state index in [4.69, 9.17) is 14.2 Å². The third-order valence-corrected chi connectivity index (χ3v) is 4.46. The summed E-state index contributed by atoms with van der Waals surface area (Å²) in [5, 5.41) is 0. The number of allylic oxidation sites excluding steroid dienone is 1. The predicted molar refractivity (Wildman–Crippen MR) is 95.9 cm³/mol. The second kappa shape index (κ2) is 9.03. The molecular weight excluding hydrogens is 338 g/mol. The minimum absolute atomic E-state index is 0.196. The van der Waals surface area contributed by atoms with Crippen molar-refractivity contribution >= 4 is 0 Å². The summed E-state index contributed by atoms with van der Waals surface area (Å²) >= 11 is 0. The topological polar surface area (TPSA) is 27.7 Å². The average molecular weight is 360 g/mol. The fourth-order valence-electron chi connectivity index (χ4n) is 2.97. The van der Waals surface area contributed by atoms with E-state index in [1.807, 2.05) is 24.3 Å². The second-order valence-electron chi connectivity index (χ2n) is 6.24. The van der Waals surface area contributed by atoms with Crippen molar-refractivity contribution in [2.75, 3.05) is 20.3 Å². The first kappa shape index (κ1) is 18.7. The van der Waals surface area contributed by atoms with Gasteiger partial charge in [-0.1, -0.05) is 48.5 Å². The van der Waals surface area contributed by atoms with Gasteiger partial charge in [0.05, 0.1) is 13.2 Å². The van der Waals surface area contributed by atoms with Gasteiger partial charge in [0, 0.05) is 13.0 Å². The molecule has 1 aliphatic heterocycles. The Morgan fingerprint density at radius 1 is 1.00 bits per heavy atom. The van der Waals surface area contributed by atoms with Crippen molar-refractivity contribution in [2.45, 2.75) is 25.2 Å². The van der Waals surface area contributed by atoms with Crippen LogP contribution in [0, 0.1) is 0 Å². The Morgan fingerprint density at radius 3 is 2.12 bits per heavy atom. The molecule has 0 N–H and O–H groups in total. The van der Waals surface area contributed by atoms with Crippen LogP contribution in [0.3, 0.4) is 0 Å². The van der Waals surface area contributed by atoms with Crippen LogP contribution < -0.4 is 0 Å². The maximum absolute atomic E-state index is 12.1. The highest BCUT2D eigenvalue weighted by Crippen LogP contribution is 2.26. The number of ether oxygens (including phenoxy) is 3. The zero-order valence-electron chi connectivity index (χ0n) is 14.7. The molecule has 0 spiro atoms. The Labute approximate surface area is 152 Å². The maximum Gasteiger partial charge on any atom is 0.271 e. The molecule has 2 aromatic rings. The Bertz CT molecular complexity index is 714. The normalized spacial score (nSPS) is 20.0. The van der Waals surface area contributed by atoms with Crippen molar-refractivity contribution < 1.29 is 23.0 Å². The second-order valence-corrected chi connectivity index (χ2v) is 6.24. The highest BCUT2D eigenvalue weighted by molar-refractivity contribution is 5.64. The van der Waals surface area contributed by atoms with Gasteiger partial charge in [0.15, 0.2) is 0 Å². The fraction of sp³-hybridized carbons (Fsp3) is 0.333. The van der Waals surface area contributed by atoms with Crippen molar-refractivity contribution in [2.24, 2.45) is 0 Å². The van der Waals surface area contributed by atoms with Gasteiger partial charge in [-0.3, -0.25) is 0 Å². The van der Waals surface area contributed by atoms with Gasteiger partial charge in [-0.2, -0.15) is 8.78 Å². The zero-order chi connectivity index (χ0) is 18.4. The number of rotatable bonds is 6. The van der Waals surface area contributed by atoms with E-state index in [0.29, 0.717) is 26.1 Å². The van der Waals surface area contributed by atoms with Crippen LogP contribution in [0.4, 0.5) is 8.78 Å². The van der Waals surface area contributed by atoms with Crippen LogP contribution in [0.1, 0.15) is 23.5 Å². The summed E-state index contributed by atoms with van der Waals surface area (Å²) in [4.78, 5) is 0. The lowest BCUT2D eigenvalue weighted by atomic mass is 9.96. The molecule has 0 unspecified atom stereocenters. The van der Waals surface area contributed by atoms with Gasteiger partial charge in [-0.25, -0.2) is 0 Å². The fourth-order valence-corrected chi connectivity index (χ4v) is 2.97. The molecule has 0 aromatic heterocycles. The molecule has 1 heterocycles. The van der Waals surface area contributed by atoms with Crippen molar-refractivity contribution in [1.29, 1.82) is 0 Å². The number of halogens is 2. The van der Waals surface area contributed by atoms with Gasteiger partial charge in [0.1, 0.15) is 0 Å². The Kier molecular flexibility index (Phi) is 6.50. The Balaban J connectivity index is 1.60. The van der Waals surface area contributed by atoms with E-state index in [-0.39, 0.29) is 5.92 Å². The summed E-state index contributed by atoms with van der Waals surface area (Å²) in [5.41, 5.74) is 4.43. The van der Waals surface area contributed by atoms with Gasteiger partial charge >= 0.3 is 0 Å². The van der Waals surface area contributed by atoms with Crippen LogP contribution in [0.5, 0.6) is 0 Å². The van der Waals surface area contributed by atoms with Crippen LogP contribution in [0.15, 0.2) is 60.7 Å².